The molecule has 4 atom stereocenters. The summed E-state index contributed by atoms with van der Waals surface area (Å²) < 4.78 is 1.65. The third kappa shape index (κ3) is 11.5. The second kappa shape index (κ2) is 22.2. The Bertz CT molecular complexity index is 2870. The van der Waals surface area contributed by atoms with Crippen LogP contribution in [-0.4, -0.2) is 50.3 Å². The van der Waals surface area contributed by atoms with Gasteiger partial charge in [0.25, 0.3) is 0 Å². The lowest BCUT2D eigenvalue weighted by molar-refractivity contribution is 0.229. The average Bonchev–Trinajstić information content (AvgIpc) is 3.37. The summed E-state index contributed by atoms with van der Waals surface area (Å²) in [4.78, 5) is 29.2. The lowest BCUT2D eigenvalue weighted by Gasteiger charge is -2.54. The summed E-state index contributed by atoms with van der Waals surface area (Å²) in [7, 11) is 0. The SMILES string of the molecule is Oc1cc(O)cc(I)c1.Oc1cc(O)cc(I)c1.c1ccc([C@@H]2[C@H](c3ccccc3)[C@@H](c3cc(-c4ccccn4)nc(-c4ccccn4)c3)[C@H]2c2cc(-c3ccccn3)nc(-c3ccccn3)c2)cc1. The molecule has 0 amide bonds. The molecule has 6 heterocycles. The van der Waals surface area contributed by atoms with E-state index in [4.69, 9.17) is 50.3 Å². The Hall–Kier alpha value is -7.56. The molecule has 1 aliphatic rings. The first-order valence-electron chi connectivity index (χ1n) is 22.3. The van der Waals surface area contributed by atoms with Gasteiger partial charge >= 0.3 is 0 Å². The summed E-state index contributed by atoms with van der Waals surface area (Å²) in [5, 5.41) is 35.3. The largest absolute Gasteiger partial charge is 0.508 e. The maximum absolute atomic E-state index is 8.83. The summed E-state index contributed by atoms with van der Waals surface area (Å²) in [6, 6.07) is 63.6. The van der Waals surface area contributed by atoms with Crippen molar-refractivity contribution in [1.82, 2.24) is 29.9 Å². The number of phenolic OH excluding ortho intramolecular Hbond substituents is 4. The van der Waals surface area contributed by atoms with Crippen LogP contribution in [0.1, 0.15) is 45.9 Å². The van der Waals surface area contributed by atoms with Crippen LogP contribution >= 0.6 is 45.2 Å². The highest BCUT2D eigenvalue weighted by atomic mass is 127. The lowest BCUT2D eigenvalue weighted by Crippen LogP contribution is -2.40. The minimum Gasteiger partial charge on any atom is -0.508 e. The summed E-state index contributed by atoms with van der Waals surface area (Å²) in [5.74, 6) is 0.896. The first-order chi connectivity index (χ1) is 34.2. The van der Waals surface area contributed by atoms with Gasteiger partial charge in [-0.3, -0.25) is 19.9 Å². The highest BCUT2D eigenvalue weighted by molar-refractivity contribution is 14.1. The van der Waals surface area contributed by atoms with Crippen molar-refractivity contribution in [1.29, 1.82) is 0 Å². The van der Waals surface area contributed by atoms with Crippen molar-refractivity contribution in [3.8, 4) is 68.5 Å². The molecule has 70 heavy (non-hydrogen) atoms. The van der Waals surface area contributed by atoms with Gasteiger partial charge in [-0.05, 0) is 188 Å². The highest BCUT2D eigenvalue weighted by Gasteiger charge is 2.53. The van der Waals surface area contributed by atoms with Gasteiger partial charge in [-0.25, -0.2) is 9.97 Å². The number of hydrogen-bond donors (Lipinski definition) is 4. The molecule has 1 aliphatic carbocycles. The van der Waals surface area contributed by atoms with Crippen molar-refractivity contribution >= 4 is 45.2 Å². The molecule has 1 saturated carbocycles. The number of benzene rings is 4. The molecule has 4 N–H and O–H groups in total. The van der Waals surface area contributed by atoms with Crippen LogP contribution in [0.3, 0.4) is 0 Å². The van der Waals surface area contributed by atoms with E-state index in [9.17, 15) is 0 Å². The highest BCUT2D eigenvalue weighted by Crippen LogP contribution is 2.67. The topological polar surface area (TPSA) is 158 Å². The number of phenols is 4. The molecule has 344 valence electrons. The molecular weight excluding hydrogens is 1100 g/mol. The molecule has 6 aromatic heterocycles. The lowest BCUT2D eigenvalue weighted by atomic mass is 9.49. The van der Waals surface area contributed by atoms with Crippen LogP contribution in [-0.2, 0) is 0 Å². The molecule has 10 nitrogen and oxygen atoms in total. The zero-order valence-electron chi connectivity index (χ0n) is 37.3. The van der Waals surface area contributed by atoms with Crippen LogP contribution in [0, 0.1) is 7.14 Å². The molecule has 1 fully saturated rings. The molecule has 12 heteroatoms. The van der Waals surface area contributed by atoms with E-state index in [1.54, 1.807) is 24.3 Å². The summed E-state index contributed by atoms with van der Waals surface area (Å²) in [5.41, 5.74) is 11.6. The molecule has 0 spiro atoms. The maximum Gasteiger partial charge on any atom is 0.120 e. The Morgan fingerprint density at radius 1 is 0.271 bits per heavy atom. The van der Waals surface area contributed by atoms with Gasteiger partial charge in [0.15, 0.2) is 0 Å². The Kier molecular flexibility index (Phi) is 15.1. The zero-order valence-corrected chi connectivity index (χ0v) is 41.6. The molecule has 4 aromatic carbocycles. The minimum atomic E-state index is 0.0797. The first kappa shape index (κ1) is 47.5. The monoisotopic (exact) mass is 1140 g/mol. The molecule has 11 rings (SSSR count). The number of aromatic nitrogens is 6. The third-order valence-electron chi connectivity index (χ3n) is 11.8. The smallest absolute Gasteiger partial charge is 0.120 e. The third-order valence-corrected chi connectivity index (χ3v) is 13.1. The van der Waals surface area contributed by atoms with Gasteiger partial charge < -0.3 is 20.4 Å². The van der Waals surface area contributed by atoms with Crippen LogP contribution in [0.4, 0.5) is 0 Å². The van der Waals surface area contributed by atoms with Crippen LogP contribution in [0.25, 0.3) is 45.6 Å². The molecular formula is C58H44I2N6O4. The number of hydrogen-bond acceptors (Lipinski definition) is 10. The molecule has 0 bridgehead atoms. The number of rotatable bonds is 8. The Balaban J connectivity index is 0.000000283. The fourth-order valence-corrected chi connectivity index (χ4v) is 10.2. The van der Waals surface area contributed by atoms with Crippen molar-refractivity contribution in [2.24, 2.45) is 0 Å². The van der Waals surface area contributed by atoms with Crippen molar-refractivity contribution in [2.45, 2.75) is 23.7 Å². The van der Waals surface area contributed by atoms with Crippen molar-refractivity contribution in [3.05, 3.63) is 248 Å². The van der Waals surface area contributed by atoms with E-state index in [1.165, 1.54) is 34.4 Å². The molecule has 0 unspecified atom stereocenters. The van der Waals surface area contributed by atoms with Crippen LogP contribution in [0.2, 0.25) is 0 Å². The van der Waals surface area contributed by atoms with Gasteiger partial charge in [-0.1, -0.05) is 84.9 Å². The second-order valence-electron chi connectivity index (χ2n) is 16.5. The Morgan fingerprint density at radius 2 is 0.529 bits per heavy atom. The predicted molar refractivity (Wildman–Crippen MR) is 290 cm³/mol. The maximum atomic E-state index is 8.83. The second-order valence-corrected chi connectivity index (χ2v) is 19.0. The number of pyridine rings is 6. The van der Waals surface area contributed by atoms with E-state index in [0.717, 1.165) is 52.7 Å². The van der Waals surface area contributed by atoms with E-state index in [2.05, 4.69) is 84.9 Å². The average molecular weight is 1140 g/mol. The van der Waals surface area contributed by atoms with Gasteiger partial charge in [-0.15, -0.1) is 0 Å². The van der Waals surface area contributed by atoms with Crippen LogP contribution in [0.5, 0.6) is 23.0 Å². The Labute approximate surface area is 432 Å². The van der Waals surface area contributed by atoms with Gasteiger partial charge in [0.1, 0.15) is 23.0 Å². The number of aromatic hydroxyl groups is 4. The molecule has 0 aliphatic heterocycles. The number of nitrogens with zero attached hydrogens (tertiary/aromatic N) is 6. The molecule has 0 saturated heterocycles. The predicted octanol–water partition coefficient (Wildman–Crippen LogP) is 13.6. The standard InChI is InChI=1S/C46H34N6.2C6H5IO2/c1-3-15-31(16-4-1)43-44(32-17-5-2-6-18-32)46(34-29-41(37-21-9-13-25-49-37)52-42(30-34)38-22-10-14-26-50-38)45(43)33-27-39(35-19-7-11-23-47-35)51-40(28-33)36-20-8-12-24-48-36;2*7-4-1-5(8)3-6(9)2-4/h1-30,43-46H;2*1-3,8-9H/t43-,44+,45+,46-;;. The summed E-state index contributed by atoms with van der Waals surface area (Å²) in [6.45, 7) is 0. The van der Waals surface area contributed by atoms with E-state index >= 15 is 0 Å². The van der Waals surface area contributed by atoms with Crippen molar-refractivity contribution < 1.29 is 20.4 Å². The van der Waals surface area contributed by atoms with Crippen molar-refractivity contribution in [2.75, 3.05) is 0 Å². The normalized spacial score (nSPS) is 15.8. The van der Waals surface area contributed by atoms with Gasteiger partial charge in [0, 0.05) is 44.1 Å². The van der Waals surface area contributed by atoms with E-state index in [1.807, 2.05) is 143 Å². The molecule has 0 radical (unpaired) electrons. The Morgan fingerprint density at radius 3 is 0.771 bits per heavy atom. The minimum absolute atomic E-state index is 0.0797. The summed E-state index contributed by atoms with van der Waals surface area (Å²) in [6.07, 6.45) is 7.29. The van der Waals surface area contributed by atoms with Crippen LogP contribution in [0.15, 0.2) is 219 Å². The van der Waals surface area contributed by atoms with E-state index < -0.39 is 0 Å². The molecule has 10 aromatic rings. The first-order valence-corrected chi connectivity index (χ1v) is 24.5. The summed E-state index contributed by atoms with van der Waals surface area (Å²) >= 11 is 4.02. The van der Waals surface area contributed by atoms with Gasteiger partial charge in [-0.2, -0.15) is 0 Å². The fraction of sp³-hybridized carbons (Fsp3) is 0.0690. The van der Waals surface area contributed by atoms with Gasteiger partial charge in [0.2, 0.25) is 0 Å². The number of halogens is 2. The van der Waals surface area contributed by atoms with Gasteiger partial charge in [0.05, 0.1) is 45.6 Å². The van der Waals surface area contributed by atoms with Crippen molar-refractivity contribution in [3.63, 3.8) is 0 Å². The van der Waals surface area contributed by atoms with E-state index in [0.29, 0.717) is 0 Å². The van der Waals surface area contributed by atoms with Crippen LogP contribution < -0.4 is 0 Å². The zero-order chi connectivity index (χ0) is 48.4. The quantitative estimate of drug-likeness (QED) is 0.108. The van der Waals surface area contributed by atoms with E-state index in [-0.39, 0.29) is 46.7 Å². The fourth-order valence-electron chi connectivity index (χ4n) is 8.95.